The minimum atomic E-state index is -0.442. The Morgan fingerprint density at radius 1 is 1.08 bits per heavy atom. The molecule has 1 fully saturated rings. The molecule has 1 aromatic heterocycles. The predicted molar refractivity (Wildman–Crippen MR) is 151 cm³/mol. The maximum atomic E-state index is 13.1. The second-order valence-electron chi connectivity index (χ2n) is 8.38. The number of aliphatic imine (C=N–C) groups is 1. The number of rotatable bonds is 5. The second-order valence-corrected chi connectivity index (χ2v) is 10.2. The molecule has 2 heterocycles. The molecule has 1 aliphatic heterocycles. The number of hydrogen-bond acceptors (Lipinski definition) is 5. The van der Waals surface area contributed by atoms with Gasteiger partial charge in [0, 0.05) is 46.3 Å². The lowest BCUT2D eigenvalue weighted by Gasteiger charge is -2.08. The van der Waals surface area contributed by atoms with Crippen molar-refractivity contribution in [1.29, 1.82) is 0 Å². The van der Waals surface area contributed by atoms with Crippen molar-refractivity contribution in [2.24, 2.45) is 4.99 Å². The molecular weight excluding hydrogens is 529 g/mol. The smallest absolute Gasteiger partial charge is 0.337 e. The van der Waals surface area contributed by atoms with Gasteiger partial charge in [-0.25, -0.2) is 9.79 Å². The molecular formula is C28H21Cl2N3O3S. The lowest BCUT2D eigenvalue weighted by Crippen LogP contribution is -2.23. The molecule has 186 valence electrons. The van der Waals surface area contributed by atoms with Gasteiger partial charge < -0.3 is 9.30 Å². The van der Waals surface area contributed by atoms with Crippen LogP contribution in [0.4, 0.5) is 5.69 Å². The van der Waals surface area contributed by atoms with Crippen LogP contribution in [0, 0.1) is 0 Å². The minimum Gasteiger partial charge on any atom is -0.465 e. The van der Waals surface area contributed by atoms with E-state index >= 15 is 0 Å². The summed E-state index contributed by atoms with van der Waals surface area (Å²) in [6, 6.07) is 20.3. The molecule has 6 nitrogen and oxygen atoms in total. The molecule has 1 aliphatic rings. The van der Waals surface area contributed by atoms with Crippen LogP contribution in [0.1, 0.15) is 21.5 Å². The zero-order valence-electron chi connectivity index (χ0n) is 19.9. The average molecular weight is 550 g/mol. The lowest BCUT2D eigenvalue weighted by molar-refractivity contribution is -0.121. The molecule has 1 saturated heterocycles. The van der Waals surface area contributed by atoms with Gasteiger partial charge in [0.2, 0.25) is 0 Å². The van der Waals surface area contributed by atoms with Crippen LogP contribution >= 0.6 is 35.0 Å². The highest BCUT2D eigenvalue weighted by Crippen LogP contribution is 2.35. The van der Waals surface area contributed by atoms with Gasteiger partial charge in [0.05, 0.1) is 23.3 Å². The van der Waals surface area contributed by atoms with Crippen molar-refractivity contribution in [2.45, 2.75) is 6.54 Å². The van der Waals surface area contributed by atoms with Crippen molar-refractivity contribution in [3.8, 4) is 0 Å². The number of hydrogen-bond donors (Lipinski definition) is 0. The van der Waals surface area contributed by atoms with Gasteiger partial charge in [0.25, 0.3) is 5.91 Å². The van der Waals surface area contributed by atoms with Crippen LogP contribution < -0.4 is 0 Å². The van der Waals surface area contributed by atoms with Gasteiger partial charge in [0.1, 0.15) is 0 Å². The minimum absolute atomic E-state index is 0.148. The molecule has 0 radical (unpaired) electrons. The molecule has 4 aromatic rings. The topological polar surface area (TPSA) is 63.9 Å². The van der Waals surface area contributed by atoms with E-state index in [1.165, 1.54) is 23.8 Å². The maximum Gasteiger partial charge on any atom is 0.337 e. The standard InChI is InChI=1S/C28H21Cl2N3O3S/c1-32-26(34)25(37-28(32)31-21-7-5-6-17(12-21)27(35)36-2)13-19-16-33(24-9-4-3-8-22(19)24)15-18-10-11-20(29)14-23(18)30/h3-14,16H,15H2,1-2H3. The molecule has 0 spiro atoms. The van der Waals surface area contributed by atoms with Crippen molar-refractivity contribution in [1.82, 2.24) is 9.47 Å². The van der Waals surface area contributed by atoms with Gasteiger partial charge in [-0.3, -0.25) is 9.69 Å². The number of carbonyl (C=O) groups is 2. The summed E-state index contributed by atoms with van der Waals surface area (Å²) in [5.74, 6) is -0.590. The monoisotopic (exact) mass is 549 g/mol. The molecule has 0 unspecified atom stereocenters. The van der Waals surface area contributed by atoms with E-state index in [1.54, 1.807) is 37.4 Å². The summed E-state index contributed by atoms with van der Waals surface area (Å²) in [5, 5.41) is 2.74. The van der Waals surface area contributed by atoms with Crippen molar-refractivity contribution in [2.75, 3.05) is 14.2 Å². The zero-order valence-corrected chi connectivity index (χ0v) is 22.3. The third-order valence-corrected chi connectivity index (χ3v) is 7.60. The van der Waals surface area contributed by atoms with Crippen LogP contribution in [0.15, 0.2) is 82.8 Å². The van der Waals surface area contributed by atoms with Crippen LogP contribution in [-0.4, -0.2) is 40.7 Å². The fraction of sp³-hybridized carbons (Fsp3) is 0.107. The Bertz CT molecular complexity index is 1610. The third-order valence-electron chi connectivity index (χ3n) is 5.96. The van der Waals surface area contributed by atoms with Gasteiger partial charge in [-0.1, -0.05) is 53.5 Å². The first-order valence-corrected chi connectivity index (χ1v) is 12.9. The van der Waals surface area contributed by atoms with E-state index in [9.17, 15) is 9.59 Å². The number of benzene rings is 3. The highest BCUT2D eigenvalue weighted by Gasteiger charge is 2.30. The van der Waals surface area contributed by atoms with Gasteiger partial charge in [-0.05, 0) is 59.8 Å². The van der Waals surface area contributed by atoms with E-state index in [0.29, 0.717) is 37.9 Å². The molecule has 0 atom stereocenters. The number of esters is 1. The largest absolute Gasteiger partial charge is 0.465 e. The number of aromatic nitrogens is 1. The lowest BCUT2D eigenvalue weighted by atomic mass is 10.1. The number of amides is 1. The summed E-state index contributed by atoms with van der Waals surface area (Å²) in [5.41, 5.74) is 3.84. The number of para-hydroxylation sites is 1. The fourth-order valence-corrected chi connectivity index (χ4v) is 5.52. The SMILES string of the molecule is COC(=O)c1cccc(N=C2SC(=Cc3cn(Cc4ccc(Cl)cc4Cl)c4ccccc34)C(=O)N2C)c1. The Hall–Kier alpha value is -3.52. The van der Waals surface area contributed by atoms with Gasteiger partial charge in [0.15, 0.2) is 5.17 Å². The molecule has 0 bridgehead atoms. The molecule has 0 saturated carbocycles. The second kappa shape index (κ2) is 10.5. The van der Waals surface area contributed by atoms with Crippen LogP contribution in [0.2, 0.25) is 10.0 Å². The van der Waals surface area contributed by atoms with E-state index in [0.717, 1.165) is 22.0 Å². The highest BCUT2D eigenvalue weighted by atomic mass is 35.5. The summed E-state index contributed by atoms with van der Waals surface area (Å²) in [7, 11) is 3.02. The van der Waals surface area contributed by atoms with Crippen molar-refractivity contribution in [3.63, 3.8) is 0 Å². The molecule has 3 aromatic carbocycles. The Kier molecular flexibility index (Phi) is 7.11. The number of halogens is 2. The average Bonchev–Trinajstić information content (AvgIpc) is 3.37. The van der Waals surface area contributed by atoms with Crippen molar-refractivity contribution < 1.29 is 14.3 Å². The van der Waals surface area contributed by atoms with E-state index in [-0.39, 0.29) is 5.91 Å². The summed E-state index contributed by atoms with van der Waals surface area (Å²) in [6.45, 7) is 0.559. The maximum absolute atomic E-state index is 13.1. The number of fused-ring (bicyclic) bond motifs is 1. The molecule has 0 N–H and O–H groups in total. The van der Waals surface area contributed by atoms with E-state index in [1.807, 2.05) is 48.7 Å². The molecule has 37 heavy (non-hydrogen) atoms. The molecule has 1 amide bonds. The number of carbonyl (C=O) groups excluding carboxylic acids is 2. The molecule has 9 heteroatoms. The first-order valence-electron chi connectivity index (χ1n) is 11.3. The number of thioether (sulfide) groups is 1. The number of likely N-dealkylation sites (N-methyl/N-ethyl adjacent to an activating group) is 1. The Morgan fingerprint density at radius 3 is 2.68 bits per heavy atom. The number of nitrogens with zero attached hydrogens (tertiary/aromatic N) is 3. The van der Waals surface area contributed by atoms with E-state index in [4.69, 9.17) is 27.9 Å². The Labute approximate surface area is 228 Å². The first-order chi connectivity index (χ1) is 17.8. The number of amidine groups is 1. The number of methoxy groups -OCH3 is 1. The normalized spacial score (nSPS) is 15.8. The molecule has 0 aliphatic carbocycles. The summed E-state index contributed by atoms with van der Waals surface area (Å²) in [6.07, 6.45) is 3.91. The van der Waals surface area contributed by atoms with Gasteiger partial charge in [-0.2, -0.15) is 0 Å². The highest BCUT2D eigenvalue weighted by molar-refractivity contribution is 8.18. The summed E-state index contributed by atoms with van der Waals surface area (Å²) >= 11 is 13.8. The third kappa shape index (κ3) is 5.16. The van der Waals surface area contributed by atoms with Crippen molar-refractivity contribution in [3.05, 3.63) is 105 Å². The zero-order chi connectivity index (χ0) is 26.1. The summed E-state index contributed by atoms with van der Waals surface area (Å²) in [4.78, 5) is 31.6. The van der Waals surface area contributed by atoms with Crippen molar-refractivity contribution >= 4 is 74.7 Å². The first kappa shape index (κ1) is 25.1. The van der Waals surface area contributed by atoms with Crippen LogP contribution in [0.3, 0.4) is 0 Å². The van der Waals surface area contributed by atoms with Crippen LogP contribution in [-0.2, 0) is 16.1 Å². The van der Waals surface area contributed by atoms with Crippen LogP contribution in [0.25, 0.3) is 17.0 Å². The van der Waals surface area contributed by atoms with E-state index < -0.39 is 5.97 Å². The number of ether oxygens (including phenoxy) is 1. The Balaban J connectivity index is 1.48. The fourth-order valence-electron chi connectivity index (χ4n) is 4.08. The van der Waals surface area contributed by atoms with Gasteiger partial charge >= 0.3 is 5.97 Å². The predicted octanol–water partition coefficient (Wildman–Crippen LogP) is 7.02. The Morgan fingerprint density at radius 2 is 1.89 bits per heavy atom. The summed E-state index contributed by atoms with van der Waals surface area (Å²) < 4.78 is 6.90. The van der Waals surface area contributed by atoms with Crippen LogP contribution in [0.5, 0.6) is 0 Å². The van der Waals surface area contributed by atoms with E-state index in [2.05, 4.69) is 9.56 Å². The molecule has 5 rings (SSSR count). The quantitative estimate of drug-likeness (QED) is 0.198. The van der Waals surface area contributed by atoms with Gasteiger partial charge in [-0.15, -0.1) is 0 Å².